The average molecular weight is 343 g/mol. The summed E-state index contributed by atoms with van der Waals surface area (Å²) in [4.78, 5) is 8.57. The maximum Gasteiger partial charge on any atom is 0.146 e. The molecule has 2 atom stereocenters. The van der Waals surface area contributed by atoms with Crippen LogP contribution in [0.25, 0.3) is 0 Å². The van der Waals surface area contributed by atoms with Crippen LogP contribution in [0.4, 0.5) is 11.6 Å². The first kappa shape index (κ1) is 15.5. The lowest BCUT2D eigenvalue weighted by molar-refractivity contribution is 0.178. The van der Waals surface area contributed by atoms with Crippen LogP contribution < -0.4 is 10.6 Å². The van der Waals surface area contributed by atoms with Gasteiger partial charge in [0.1, 0.15) is 22.4 Å². The monoisotopic (exact) mass is 342 g/mol. The molecule has 112 valence electrons. The van der Waals surface area contributed by atoms with E-state index in [9.17, 15) is 5.11 Å². The highest BCUT2D eigenvalue weighted by atomic mass is 79.9. The van der Waals surface area contributed by atoms with Gasteiger partial charge in [-0.25, -0.2) is 9.97 Å². The number of halogens is 1. The molecule has 1 fully saturated rings. The fourth-order valence-corrected chi connectivity index (χ4v) is 3.09. The van der Waals surface area contributed by atoms with Gasteiger partial charge in [0.2, 0.25) is 0 Å². The van der Waals surface area contributed by atoms with Crippen molar-refractivity contribution in [1.82, 2.24) is 9.97 Å². The van der Waals surface area contributed by atoms with E-state index < -0.39 is 0 Å². The van der Waals surface area contributed by atoms with E-state index >= 15 is 0 Å². The van der Waals surface area contributed by atoms with Crippen LogP contribution in [0.2, 0.25) is 0 Å². The summed E-state index contributed by atoms with van der Waals surface area (Å²) < 4.78 is 0.871. The van der Waals surface area contributed by atoms with E-state index in [-0.39, 0.29) is 6.61 Å². The van der Waals surface area contributed by atoms with Crippen LogP contribution in [-0.2, 0) is 0 Å². The molecule has 5 nitrogen and oxygen atoms in total. The van der Waals surface area contributed by atoms with Gasteiger partial charge >= 0.3 is 0 Å². The number of aliphatic hydroxyl groups excluding tert-OH is 1. The van der Waals surface area contributed by atoms with Gasteiger partial charge in [0.05, 0.1) is 0 Å². The number of aliphatic hydroxyl groups is 1. The molecule has 0 aliphatic heterocycles. The first-order valence-electron chi connectivity index (χ1n) is 7.38. The Labute approximate surface area is 128 Å². The fraction of sp³-hybridized carbons (Fsp3) is 0.714. The molecule has 2 unspecified atom stereocenters. The van der Waals surface area contributed by atoms with Crippen molar-refractivity contribution in [3.63, 3.8) is 0 Å². The molecule has 1 aliphatic rings. The Bertz CT molecular complexity index is 430. The molecule has 0 radical (unpaired) electrons. The molecule has 6 heteroatoms. The van der Waals surface area contributed by atoms with Gasteiger partial charge in [-0.15, -0.1) is 0 Å². The molecule has 1 aromatic heterocycles. The van der Waals surface area contributed by atoms with E-state index in [2.05, 4.69) is 43.5 Å². The highest BCUT2D eigenvalue weighted by Crippen LogP contribution is 2.31. The van der Waals surface area contributed by atoms with Crippen LogP contribution in [-0.4, -0.2) is 34.3 Å². The fourth-order valence-electron chi connectivity index (χ4n) is 2.63. The molecule has 0 spiro atoms. The third kappa shape index (κ3) is 3.82. The molecule has 2 rings (SSSR count). The number of hydrogen-bond donors (Lipinski definition) is 3. The molecule has 1 heterocycles. The van der Waals surface area contributed by atoms with Gasteiger partial charge in [-0.2, -0.15) is 0 Å². The second-order valence-electron chi connectivity index (χ2n) is 5.29. The zero-order valence-electron chi connectivity index (χ0n) is 11.9. The van der Waals surface area contributed by atoms with E-state index in [4.69, 9.17) is 0 Å². The lowest BCUT2D eigenvalue weighted by Gasteiger charge is -2.31. The predicted molar refractivity (Wildman–Crippen MR) is 85.0 cm³/mol. The predicted octanol–water partition coefficient (Wildman–Crippen LogP) is 3.02. The van der Waals surface area contributed by atoms with Gasteiger partial charge in [0, 0.05) is 25.1 Å². The highest BCUT2D eigenvalue weighted by molar-refractivity contribution is 9.10. The minimum absolute atomic E-state index is 0.237. The Balaban J connectivity index is 2.08. The van der Waals surface area contributed by atoms with Gasteiger partial charge in [-0.3, -0.25) is 0 Å². The van der Waals surface area contributed by atoms with Crippen molar-refractivity contribution >= 4 is 27.6 Å². The second kappa shape index (κ2) is 7.78. The molecule has 1 saturated carbocycles. The Kier molecular flexibility index (Phi) is 6.04. The lowest BCUT2D eigenvalue weighted by Crippen LogP contribution is -2.34. The molecular formula is C14H23BrN4O. The van der Waals surface area contributed by atoms with Gasteiger partial charge in [0.25, 0.3) is 0 Å². The molecule has 0 aromatic carbocycles. The average Bonchev–Trinajstić information content (AvgIpc) is 2.48. The van der Waals surface area contributed by atoms with Crippen LogP contribution in [0.1, 0.15) is 39.0 Å². The molecule has 20 heavy (non-hydrogen) atoms. The Morgan fingerprint density at radius 1 is 1.30 bits per heavy atom. The SMILES string of the molecule is CCCNc1ncnc(NC2CCCCC2CO)c1Br. The summed E-state index contributed by atoms with van der Waals surface area (Å²) in [6.07, 6.45) is 7.20. The largest absolute Gasteiger partial charge is 0.396 e. The quantitative estimate of drug-likeness (QED) is 0.741. The van der Waals surface area contributed by atoms with E-state index in [1.165, 1.54) is 12.8 Å². The third-order valence-electron chi connectivity index (χ3n) is 3.80. The van der Waals surface area contributed by atoms with Crippen LogP contribution in [0.5, 0.6) is 0 Å². The van der Waals surface area contributed by atoms with Crippen molar-refractivity contribution in [2.75, 3.05) is 23.8 Å². The van der Waals surface area contributed by atoms with Crippen molar-refractivity contribution in [3.8, 4) is 0 Å². The molecule has 0 bridgehead atoms. The molecular weight excluding hydrogens is 320 g/mol. The van der Waals surface area contributed by atoms with Crippen molar-refractivity contribution in [3.05, 3.63) is 10.8 Å². The maximum absolute atomic E-state index is 9.48. The smallest absolute Gasteiger partial charge is 0.146 e. The number of rotatable bonds is 6. The zero-order valence-corrected chi connectivity index (χ0v) is 13.5. The van der Waals surface area contributed by atoms with E-state index in [1.807, 2.05) is 0 Å². The van der Waals surface area contributed by atoms with Gasteiger partial charge in [-0.1, -0.05) is 19.8 Å². The normalized spacial score (nSPS) is 22.6. The first-order chi connectivity index (χ1) is 9.76. The number of anilines is 2. The molecule has 0 amide bonds. The van der Waals surface area contributed by atoms with E-state index in [1.54, 1.807) is 6.33 Å². The van der Waals surface area contributed by atoms with E-state index in [0.717, 1.165) is 41.9 Å². The minimum atomic E-state index is 0.237. The second-order valence-corrected chi connectivity index (χ2v) is 6.08. The van der Waals surface area contributed by atoms with Crippen LogP contribution in [0.3, 0.4) is 0 Å². The summed E-state index contributed by atoms with van der Waals surface area (Å²) in [5, 5.41) is 16.2. The highest BCUT2D eigenvalue weighted by Gasteiger charge is 2.25. The summed E-state index contributed by atoms with van der Waals surface area (Å²) in [7, 11) is 0. The van der Waals surface area contributed by atoms with Gasteiger partial charge in [-0.05, 0) is 35.2 Å². The zero-order chi connectivity index (χ0) is 14.4. The molecule has 1 aromatic rings. The standard InChI is InChI=1S/C14H23BrN4O/c1-2-7-16-13-12(15)14(18-9-17-13)19-11-6-4-3-5-10(11)8-20/h9-11,20H,2-8H2,1H3,(H2,16,17,18,19). The van der Waals surface area contributed by atoms with Crippen LogP contribution >= 0.6 is 15.9 Å². The number of aromatic nitrogens is 2. The van der Waals surface area contributed by atoms with Crippen LogP contribution in [0.15, 0.2) is 10.8 Å². The summed E-state index contributed by atoms with van der Waals surface area (Å²) in [5.41, 5.74) is 0. The van der Waals surface area contributed by atoms with Crippen molar-refractivity contribution < 1.29 is 5.11 Å². The van der Waals surface area contributed by atoms with Crippen molar-refractivity contribution in [2.45, 2.75) is 45.1 Å². The van der Waals surface area contributed by atoms with Crippen LogP contribution in [0, 0.1) is 5.92 Å². The molecule has 1 aliphatic carbocycles. The third-order valence-corrected chi connectivity index (χ3v) is 4.55. The van der Waals surface area contributed by atoms with Gasteiger partial charge < -0.3 is 15.7 Å². The molecule has 3 N–H and O–H groups in total. The summed E-state index contributed by atoms with van der Waals surface area (Å²) in [5.74, 6) is 1.95. The maximum atomic E-state index is 9.48. The lowest BCUT2D eigenvalue weighted by atomic mass is 9.85. The summed E-state index contributed by atoms with van der Waals surface area (Å²) in [6.45, 7) is 3.24. The topological polar surface area (TPSA) is 70.1 Å². The summed E-state index contributed by atoms with van der Waals surface area (Å²) >= 11 is 3.57. The molecule has 0 saturated heterocycles. The van der Waals surface area contributed by atoms with Crippen molar-refractivity contribution in [2.24, 2.45) is 5.92 Å². The number of nitrogens with zero attached hydrogens (tertiary/aromatic N) is 2. The first-order valence-corrected chi connectivity index (χ1v) is 8.17. The Hall–Kier alpha value is -0.880. The van der Waals surface area contributed by atoms with E-state index in [0.29, 0.717) is 12.0 Å². The van der Waals surface area contributed by atoms with Crippen molar-refractivity contribution in [1.29, 1.82) is 0 Å². The minimum Gasteiger partial charge on any atom is -0.396 e. The number of hydrogen-bond acceptors (Lipinski definition) is 5. The summed E-state index contributed by atoms with van der Waals surface area (Å²) in [6, 6.07) is 0.291. The Morgan fingerprint density at radius 3 is 2.80 bits per heavy atom. The van der Waals surface area contributed by atoms with Gasteiger partial charge in [0.15, 0.2) is 0 Å². The number of nitrogens with one attached hydrogen (secondary N) is 2. The Morgan fingerprint density at radius 2 is 2.05 bits per heavy atom.